The standard InChI is InChI=1S/C25H25N5O3S/c1-16-10-12-21(32-3)19(14-16)26-24(31)23(18-8-6-5-7-9-18)34-25-27-28-29-30(25)20-15-17(2)11-13-22(20)33-4/h5-15,23H,1-4H3,(H,26,31)/t23-/m0/s1. The number of thioether (sulfide) groups is 1. The third kappa shape index (κ3) is 5.04. The Hall–Kier alpha value is -3.85. The van der Waals surface area contributed by atoms with Gasteiger partial charge in [0.25, 0.3) is 0 Å². The molecule has 1 heterocycles. The zero-order chi connectivity index (χ0) is 24.1. The van der Waals surface area contributed by atoms with Crippen LogP contribution >= 0.6 is 11.8 Å². The van der Waals surface area contributed by atoms with Gasteiger partial charge in [-0.2, -0.15) is 4.68 Å². The molecule has 4 rings (SSSR count). The molecule has 0 fully saturated rings. The van der Waals surface area contributed by atoms with Gasteiger partial charge in [0.05, 0.1) is 19.9 Å². The number of nitrogens with zero attached hydrogens (tertiary/aromatic N) is 4. The number of aryl methyl sites for hydroxylation is 2. The van der Waals surface area contributed by atoms with Crippen LogP contribution in [0.5, 0.6) is 11.5 Å². The summed E-state index contributed by atoms with van der Waals surface area (Å²) in [7, 11) is 3.17. The quantitative estimate of drug-likeness (QED) is 0.367. The zero-order valence-corrected chi connectivity index (χ0v) is 20.2. The lowest BCUT2D eigenvalue weighted by Crippen LogP contribution is -2.20. The number of carbonyl (C=O) groups excluding carboxylic acids is 1. The molecule has 9 heteroatoms. The normalized spacial score (nSPS) is 11.6. The summed E-state index contributed by atoms with van der Waals surface area (Å²) < 4.78 is 12.5. The number of benzene rings is 3. The number of hydrogen-bond acceptors (Lipinski definition) is 7. The Labute approximate surface area is 202 Å². The second-order valence-corrected chi connectivity index (χ2v) is 8.72. The first-order valence-electron chi connectivity index (χ1n) is 10.6. The van der Waals surface area contributed by atoms with Crippen LogP contribution in [0.3, 0.4) is 0 Å². The zero-order valence-electron chi connectivity index (χ0n) is 19.4. The van der Waals surface area contributed by atoms with Crippen molar-refractivity contribution < 1.29 is 14.3 Å². The molecule has 0 aliphatic carbocycles. The first kappa shape index (κ1) is 23.3. The van der Waals surface area contributed by atoms with E-state index in [2.05, 4.69) is 20.8 Å². The summed E-state index contributed by atoms with van der Waals surface area (Å²) in [6.07, 6.45) is 0. The Morgan fingerprint density at radius 3 is 2.32 bits per heavy atom. The van der Waals surface area contributed by atoms with Crippen molar-refractivity contribution in [2.24, 2.45) is 0 Å². The second-order valence-electron chi connectivity index (χ2n) is 7.65. The van der Waals surface area contributed by atoms with Gasteiger partial charge >= 0.3 is 0 Å². The molecule has 8 nitrogen and oxygen atoms in total. The van der Waals surface area contributed by atoms with Gasteiger partial charge in [0, 0.05) is 0 Å². The van der Waals surface area contributed by atoms with Crippen molar-refractivity contribution in [1.82, 2.24) is 20.2 Å². The van der Waals surface area contributed by atoms with E-state index in [-0.39, 0.29) is 5.91 Å². The molecule has 0 aliphatic heterocycles. The van der Waals surface area contributed by atoms with Crippen LogP contribution in [-0.2, 0) is 4.79 Å². The van der Waals surface area contributed by atoms with Crippen LogP contribution < -0.4 is 14.8 Å². The maximum atomic E-state index is 13.6. The van der Waals surface area contributed by atoms with E-state index in [1.54, 1.807) is 18.9 Å². The summed E-state index contributed by atoms with van der Waals surface area (Å²) in [6, 6.07) is 20.9. The molecule has 0 aliphatic rings. The van der Waals surface area contributed by atoms with Gasteiger partial charge in [-0.25, -0.2) is 0 Å². The molecule has 0 spiro atoms. The van der Waals surface area contributed by atoms with Gasteiger partial charge in [-0.3, -0.25) is 4.79 Å². The maximum Gasteiger partial charge on any atom is 0.242 e. The average molecular weight is 476 g/mol. The lowest BCUT2D eigenvalue weighted by atomic mass is 10.1. The van der Waals surface area contributed by atoms with Crippen molar-refractivity contribution >= 4 is 23.4 Å². The minimum absolute atomic E-state index is 0.217. The molecule has 1 N–H and O–H groups in total. The predicted molar refractivity (Wildman–Crippen MR) is 132 cm³/mol. The number of carbonyl (C=O) groups is 1. The van der Waals surface area contributed by atoms with Gasteiger partial charge < -0.3 is 14.8 Å². The monoisotopic (exact) mass is 475 g/mol. The van der Waals surface area contributed by atoms with Crippen LogP contribution in [0.25, 0.3) is 5.69 Å². The summed E-state index contributed by atoms with van der Waals surface area (Å²) in [5.74, 6) is 1.00. The molecule has 174 valence electrons. The molecular weight excluding hydrogens is 450 g/mol. The largest absolute Gasteiger partial charge is 0.495 e. The Balaban J connectivity index is 1.70. The number of tetrazole rings is 1. The van der Waals surface area contributed by atoms with Gasteiger partial charge in [0.15, 0.2) is 0 Å². The molecule has 0 unspecified atom stereocenters. The van der Waals surface area contributed by atoms with Crippen molar-refractivity contribution in [3.63, 3.8) is 0 Å². The number of amides is 1. The second kappa shape index (κ2) is 10.4. The van der Waals surface area contributed by atoms with E-state index < -0.39 is 5.25 Å². The Morgan fingerprint density at radius 2 is 1.62 bits per heavy atom. The average Bonchev–Trinajstić information content (AvgIpc) is 3.31. The predicted octanol–water partition coefficient (Wildman–Crippen LogP) is 4.77. The van der Waals surface area contributed by atoms with Crippen molar-refractivity contribution in [3.8, 4) is 17.2 Å². The first-order valence-corrected chi connectivity index (χ1v) is 11.5. The Morgan fingerprint density at radius 1 is 0.941 bits per heavy atom. The van der Waals surface area contributed by atoms with Crippen molar-refractivity contribution in [1.29, 1.82) is 0 Å². The van der Waals surface area contributed by atoms with Crippen LogP contribution in [-0.4, -0.2) is 40.3 Å². The lowest BCUT2D eigenvalue weighted by molar-refractivity contribution is -0.115. The number of aromatic nitrogens is 4. The van der Waals surface area contributed by atoms with E-state index in [9.17, 15) is 4.79 Å². The van der Waals surface area contributed by atoms with Crippen LogP contribution in [0.2, 0.25) is 0 Å². The van der Waals surface area contributed by atoms with E-state index >= 15 is 0 Å². The highest BCUT2D eigenvalue weighted by atomic mass is 32.2. The van der Waals surface area contributed by atoms with E-state index in [1.807, 2.05) is 80.6 Å². The highest BCUT2D eigenvalue weighted by Gasteiger charge is 2.27. The van der Waals surface area contributed by atoms with Crippen LogP contribution in [0.1, 0.15) is 21.9 Å². The highest BCUT2D eigenvalue weighted by molar-refractivity contribution is 8.00. The van der Waals surface area contributed by atoms with E-state index in [1.165, 1.54) is 11.8 Å². The van der Waals surface area contributed by atoms with Gasteiger partial charge in [-0.05, 0) is 65.2 Å². The molecule has 34 heavy (non-hydrogen) atoms. The van der Waals surface area contributed by atoms with Gasteiger partial charge in [0.1, 0.15) is 22.4 Å². The molecule has 1 amide bonds. The summed E-state index contributed by atoms with van der Waals surface area (Å²) in [4.78, 5) is 13.6. The number of anilines is 1. The molecule has 3 aromatic carbocycles. The highest BCUT2D eigenvalue weighted by Crippen LogP contribution is 2.38. The van der Waals surface area contributed by atoms with E-state index in [0.29, 0.717) is 28.0 Å². The molecule has 1 aromatic heterocycles. The fourth-order valence-corrected chi connectivity index (χ4v) is 4.48. The number of rotatable bonds is 8. The third-order valence-electron chi connectivity index (χ3n) is 5.18. The smallest absolute Gasteiger partial charge is 0.242 e. The minimum atomic E-state index is -0.619. The van der Waals surface area contributed by atoms with E-state index in [4.69, 9.17) is 9.47 Å². The molecule has 0 saturated carbocycles. The van der Waals surface area contributed by atoms with Gasteiger partial charge in [-0.15, -0.1) is 5.10 Å². The van der Waals surface area contributed by atoms with Crippen LogP contribution in [0, 0.1) is 13.8 Å². The summed E-state index contributed by atoms with van der Waals surface area (Å²) in [5, 5.41) is 15.1. The van der Waals surface area contributed by atoms with Crippen LogP contribution in [0.15, 0.2) is 71.9 Å². The Kier molecular flexibility index (Phi) is 7.12. The fourth-order valence-electron chi connectivity index (χ4n) is 3.49. The summed E-state index contributed by atoms with van der Waals surface area (Å²) in [5.41, 5.74) is 4.17. The van der Waals surface area contributed by atoms with Crippen molar-refractivity contribution in [2.75, 3.05) is 19.5 Å². The van der Waals surface area contributed by atoms with Crippen LogP contribution in [0.4, 0.5) is 5.69 Å². The maximum absolute atomic E-state index is 13.6. The summed E-state index contributed by atoms with van der Waals surface area (Å²) >= 11 is 1.26. The molecule has 4 aromatic rings. The molecule has 0 radical (unpaired) electrons. The molecule has 0 saturated heterocycles. The number of hydrogen-bond donors (Lipinski definition) is 1. The van der Waals surface area contributed by atoms with Gasteiger partial charge in [0.2, 0.25) is 11.1 Å². The third-order valence-corrected chi connectivity index (χ3v) is 6.37. The Bertz CT molecular complexity index is 1290. The van der Waals surface area contributed by atoms with E-state index in [0.717, 1.165) is 16.7 Å². The first-order chi connectivity index (χ1) is 16.5. The number of methoxy groups -OCH3 is 2. The molecular formula is C25H25N5O3S. The molecule has 1 atom stereocenters. The van der Waals surface area contributed by atoms with Crippen molar-refractivity contribution in [3.05, 3.63) is 83.4 Å². The lowest BCUT2D eigenvalue weighted by Gasteiger charge is -2.18. The topological polar surface area (TPSA) is 91.2 Å². The van der Waals surface area contributed by atoms with Gasteiger partial charge in [-0.1, -0.05) is 54.2 Å². The summed E-state index contributed by atoms with van der Waals surface area (Å²) in [6.45, 7) is 3.94. The number of nitrogens with one attached hydrogen (secondary N) is 1. The fraction of sp³-hybridized carbons (Fsp3) is 0.200. The SMILES string of the molecule is COc1ccc(C)cc1NC(=O)[C@@H](Sc1nnnn1-c1cc(C)ccc1OC)c1ccccc1. The number of ether oxygens (including phenoxy) is 2. The van der Waals surface area contributed by atoms with Crippen molar-refractivity contribution in [2.45, 2.75) is 24.3 Å². The molecule has 0 bridgehead atoms. The minimum Gasteiger partial charge on any atom is -0.495 e.